The highest BCUT2D eigenvalue weighted by Crippen LogP contribution is 2.24. The van der Waals surface area contributed by atoms with Crippen LogP contribution in [0, 0.1) is 13.8 Å². The van der Waals surface area contributed by atoms with E-state index in [-0.39, 0.29) is 30.0 Å². The number of aliphatic imine (C=N–C) groups is 1. The van der Waals surface area contributed by atoms with E-state index >= 15 is 0 Å². The molecule has 0 spiro atoms. The molecule has 1 aliphatic heterocycles. The number of guanidine groups is 1. The molecule has 1 aliphatic rings. The average molecular weight is 575 g/mol. The number of aromatic nitrogens is 2. The van der Waals surface area contributed by atoms with Gasteiger partial charge in [0.25, 0.3) is 0 Å². The molecule has 0 bridgehead atoms. The van der Waals surface area contributed by atoms with Gasteiger partial charge in [-0.25, -0.2) is 0 Å². The molecule has 1 atom stereocenters. The first-order chi connectivity index (χ1) is 15.1. The first-order valence-electron chi connectivity index (χ1n) is 11.2. The number of benzene rings is 1. The van der Waals surface area contributed by atoms with Crippen LogP contribution in [-0.2, 0) is 11.3 Å². The first-order valence-corrected chi connectivity index (χ1v) is 11.5. The lowest BCUT2D eigenvalue weighted by molar-refractivity contribution is 0.0180. The van der Waals surface area contributed by atoms with Gasteiger partial charge in [-0.3, -0.25) is 14.6 Å². The van der Waals surface area contributed by atoms with Gasteiger partial charge in [-0.1, -0.05) is 23.7 Å². The summed E-state index contributed by atoms with van der Waals surface area (Å²) in [4.78, 5) is 7.34. The second-order valence-corrected chi connectivity index (χ2v) is 8.31. The normalized spacial score (nSPS) is 15.8. The van der Waals surface area contributed by atoms with Gasteiger partial charge in [0.1, 0.15) is 0 Å². The maximum Gasteiger partial charge on any atom is 0.191 e. The second-order valence-electron chi connectivity index (χ2n) is 7.87. The molecule has 7 nitrogen and oxygen atoms in total. The molecule has 178 valence electrons. The van der Waals surface area contributed by atoms with Crippen LogP contribution >= 0.6 is 35.6 Å². The van der Waals surface area contributed by atoms with Crippen molar-refractivity contribution < 1.29 is 4.74 Å². The molecule has 2 heterocycles. The fourth-order valence-corrected chi connectivity index (χ4v) is 4.09. The van der Waals surface area contributed by atoms with Crippen LogP contribution in [0.4, 0.5) is 0 Å². The standard InChI is InChI=1S/C23H35ClN6O.HI/c1-4-25-23(26-9-6-10-30-19(3)15-18(2)28-30)27-17-22(29-11-13-31-14-12-29)20-7-5-8-21(24)16-20;/h5,7-8,15-16,22H,4,6,9-14,17H2,1-3H3,(H2,25,26,27);1H. The Hall–Kier alpha value is -1.36. The van der Waals surface area contributed by atoms with Gasteiger partial charge in [0.2, 0.25) is 0 Å². The van der Waals surface area contributed by atoms with Crippen LogP contribution in [-0.4, -0.2) is 66.6 Å². The summed E-state index contributed by atoms with van der Waals surface area (Å²) >= 11 is 6.28. The molecule has 0 radical (unpaired) electrons. The Labute approximate surface area is 214 Å². The third kappa shape index (κ3) is 8.20. The third-order valence-electron chi connectivity index (χ3n) is 5.43. The Bertz CT molecular complexity index is 853. The van der Waals surface area contributed by atoms with Gasteiger partial charge < -0.3 is 15.4 Å². The van der Waals surface area contributed by atoms with Crippen molar-refractivity contribution in [1.82, 2.24) is 25.3 Å². The lowest BCUT2D eigenvalue weighted by Gasteiger charge is -2.34. The van der Waals surface area contributed by atoms with Crippen LogP contribution in [0.5, 0.6) is 0 Å². The van der Waals surface area contributed by atoms with Crippen LogP contribution in [0.2, 0.25) is 5.02 Å². The highest BCUT2D eigenvalue weighted by molar-refractivity contribution is 14.0. The first kappa shape index (κ1) is 26.9. The molecule has 0 saturated carbocycles. The summed E-state index contributed by atoms with van der Waals surface area (Å²) in [6, 6.07) is 10.4. The summed E-state index contributed by atoms with van der Waals surface area (Å²) in [6.45, 7) is 12.7. The lowest BCUT2D eigenvalue weighted by atomic mass is 10.0. The number of halogens is 2. The molecule has 32 heavy (non-hydrogen) atoms. The van der Waals surface area contributed by atoms with Crippen molar-refractivity contribution >= 4 is 41.5 Å². The summed E-state index contributed by atoms with van der Waals surface area (Å²) in [6.07, 6.45) is 0.980. The largest absolute Gasteiger partial charge is 0.379 e. The molecule has 1 aromatic heterocycles. The van der Waals surface area contributed by atoms with Gasteiger partial charge in [0.15, 0.2) is 5.96 Å². The quantitative estimate of drug-likeness (QED) is 0.207. The van der Waals surface area contributed by atoms with Gasteiger partial charge in [-0.15, -0.1) is 24.0 Å². The molecule has 1 aromatic carbocycles. The SMILES string of the molecule is CCNC(=NCC(c1cccc(Cl)c1)N1CCOCC1)NCCCn1nc(C)cc1C.I. The molecule has 2 aromatic rings. The van der Waals surface area contributed by atoms with E-state index in [4.69, 9.17) is 21.3 Å². The fourth-order valence-electron chi connectivity index (χ4n) is 3.89. The Morgan fingerprint density at radius 2 is 2.00 bits per heavy atom. The number of nitrogens with one attached hydrogen (secondary N) is 2. The minimum Gasteiger partial charge on any atom is -0.379 e. The van der Waals surface area contributed by atoms with E-state index in [9.17, 15) is 0 Å². The molecule has 1 unspecified atom stereocenters. The summed E-state index contributed by atoms with van der Waals surface area (Å²) in [5, 5.41) is 12.1. The summed E-state index contributed by atoms with van der Waals surface area (Å²) in [7, 11) is 0. The van der Waals surface area contributed by atoms with E-state index in [1.165, 1.54) is 11.3 Å². The van der Waals surface area contributed by atoms with Gasteiger partial charge in [-0.05, 0) is 51.0 Å². The monoisotopic (exact) mass is 574 g/mol. The van der Waals surface area contributed by atoms with Crippen LogP contribution in [0.1, 0.15) is 36.3 Å². The van der Waals surface area contributed by atoms with E-state index in [2.05, 4.69) is 51.3 Å². The van der Waals surface area contributed by atoms with Crippen LogP contribution in [0.25, 0.3) is 0 Å². The summed E-state index contributed by atoms with van der Waals surface area (Å²) in [5.41, 5.74) is 3.46. The van der Waals surface area contributed by atoms with Crippen molar-refractivity contribution in [3.63, 3.8) is 0 Å². The van der Waals surface area contributed by atoms with Crippen molar-refractivity contribution in [1.29, 1.82) is 0 Å². The molecule has 0 amide bonds. The minimum absolute atomic E-state index is 0. The molecule has 1 fully saturated rings. The number of hydrogen-bond donors (Lipinski definition) is 2. The van der Waals surface area contributed by atoms with Crippen molar-refractivity contribution in [2.75, 3.05) is 45.9 Å². The highest BCUT2D eigenvalue weighted by atomic mass is 127. The van der Waals surface area contributed by atoms with Crippen LogP contribution in [0.3, 0.4) is 0 Å². The topological polar surface area (TPSA) is 66.7 Å². The number of rotatable bonds is 9. The predicted octanol–water partition coefficient (Wildman–Crippen LogP) is 3.79. The van der Waals surface area contributed by atoms with Crippen molar-refractivity contribution in [2.24, 2.45) is 4.99 Å². The Kier molecular flexibility index (Phi) is 11.8. The number of aryl methyl sites for hydroxylation is 3. The number of ether oxygens (including phenoxy) is 1. The molecule has 1 saturated heterocycles. The zero-order valence-corrected chi connectivity index (χ0v) is 22.4. The Morgan fingerprint density at radius 1 is 1.22 bits per heavy atom. The molecular weight excluding hydrogens is 539 g/mol. The van der Waals surface area contributed by atoms with E-state index in [1.54, 1.807) is 0 Å². The summed E-state index contributed by atoms with van der Waals surface area (Å²) in [5.74, 6) is 0.844. The highest BCUT2D eigenvalue weighted by Gasteiger charge is 2.22. The van der Waals surface area contributed by atoms with Gasteiger partial charge >= 0.3 is 0 Å². The van der Waals surface area contributed by atoms with Gasteiger partial charge in [0, 0.05) is 43.4 Å². The van der Waals surface area contributed by atoms with Gasteiger partial charge in [-0.2, -0.15) is 5.10 Å². The predicted molar refractivity (Wildman–Crippen MR) is 142 cm³/mol. The minimum atomic E-state index is 0. The van der Waals surface area contributed by atoms with Crippen LogP contribution < -0.4 is 10.6 Å². The number of nitrogens with zero attached hydrogens (tertiary/aromatic N) is 4. The fraction of sp³-hybridized carbons (Fsp3) is 0.565. The Morgan fingerprint density at radius 3 is 2.66 bits per heavy atom. The maximum absolute atomic E-state index is 6.28. The van der Waals surface area contributed by atoms with E-state index in [1.807, 2.05) is 25.1 Å². The van der Waals surface area contributed by atoms with E-state index in [0.717, 1.165) is 69.0 Å². The van der Waals surface area contributed by atoms with Crippen LogP contribution in [0.15, 0.2) is 35.3 Å². The smallest absolute Gasteiger partial charge is 0.191 e. The zero-order chi connectivity index (χ0) is 22.1. The zero-order valence-electron chi connectivity index (χ0n) is 19.3. The lowest BCUT2D eigenvalue weighted by Crippen LogP contribution is -2.42. The Balaban J connectivity index is 0.00000363. The number of hydrogen-bond acceptors (Lipinski definition) is 4. The second kappa shape index (κ2) is 14.0. The van der Waals surface area contributed by atoms with Gasteiger partial charge in [0.05, 0.1) is 31.5 Å². The molecule has 0 aliphatic carbocycles. The maximum atomic E-state index is 6.28. The molecular formula is C23H36ClIN6O. The average Bonchev–Trinajstić information content (AvgIpc) is 3.09. The number of morpholine rings is 1. The summed E-state index contributed by atoms with van der Waals surface area (Å²) < 4.78 is 7.61. The third-order valence-corrected chi connectivity index (χ3v) is 5.66. The van der Waals surface area contributed by atoms with E-state index < -0.39 is 0 Å². The van der Waals surface area contributed by atoms with Crippen molar-refractivity contribution in [2.45, 2.75) is 39.8 Å². The van der Waals surface area contributed by atoms with Crippen molar-refractivity contribution in [3.8, 4) is 0 Å². The van der Waals surface area contributed by atoms with E-state index in [0.29, 0.717) is 6.54 Å². The molecule has 3 rings (SSSR count). The molecule has 9 heteroatoms. The van der Waals surface area contributed by atoms with Crippen molar-refractivity contribution in [3.05, 3.63) is 52.3 Å². The molecule has 2 N–H and O–H groups in total.